The van der Waals surface area contributed by atoms with Gasteiger partial charge in [-0.3, -0.25) is 14.3 Å². The molecule has 0 spiro atoms. The zero-order valence-corrected chi connectivity index (χ0v) is 20.4. The number of anilines is 1. The summed E-state index contributed by atoms with van der Waals surface area (Å²) in [6, 6.07) is 8.81. The van der Waals surface area contributed by atoms with E-state index >= 15 is 0 Å². The fourth-order valence-corrected chi connectivity index (χ4v) is 4.43. The predicted octanol–water partition coefficient (Wildman–Crippen LogP) is 4.17. The maximum Gasteiger partial charge on any atom is 0.306 e. The van der Waals surface area contributed by atoms with Crippen molar-refractivity contribution in [3.05, 3.63) is 36.5 Å². The van der Waals surface area contributed by atoms with Crippen LogP contribution in [0, 0.1) is 0 Å². The smallest absolute Gasteiger partial charge is 0.306 e. The van der Waals surface area contributed by atoms with Crippen molar-refractivity contribution >= 4 is 11.8 Å². The van der Waals surface area contributed by atoms with Crippen LogP contribution in [0.25, 0.3) is 0 Å². The molecule has 8 heteroatoms. The van der Waals surface area contributed by atoms with Gasteiger partial charge in [-0.25, -0.2) is 4.98 Å². The first-order valence-corrected chi connectivity index (χ1v) is 12.7. The molecule has 1 aliphatic heterocycles. The number of hydrogen-bond donors (Lipinski definition) is 2. The molecule has 0 aliphatic carbocycles. The average Bonchev–Trinajstić information content (AvgIpc) is 3.16. The molecular weight excluding hydrogens is 432 g/mol. The third kappa shape index (κ3) is 8.24. The number of esters is 1. The molecule has 1 aliphatic rings. The third-order valence-corrected chi connectivity index (χ3v) is 6.41. The summed E-state index contributed by atoms with van der Waals surface area (Å²) in [5, 5.41) is 20.2. The average molecular weight is 473 g/mol. The number of aromatic nitrogens is 2. The van der Waals surface area contributed by atoms with Gasteiger partial charge in [-0.15, -0.1) is 0 Å². The zero-order valence-electron chi connectivity index (χ0n) is 20.4. The molecule has 188 valence electrons. The molecule has 2 aromatic rings. The molecule has 1 atom stereocenters. The van der Waals surface area contributed by atoms with Gasteiger partial charge < -0.3 is 19.8 Å². The van der Waals surface area contributed by atoms with E-state index in [1.165, 1.54) is 42.4 Å². The van der Waals surface area contributed by atoms with E-state index in [4.69, 9.17) is 4.74 Å². The number of nitrogens with zero attached hydrogens (tertiary/aromatic N) is 4. The Morgan fingerprint density at radius 2 is 1.62 bits per heavy atom. The second-order valence-electron chi connectivity index (χ2n) is 9.12. The van der Waals surface area contributed by atoms with E-state index < -0.39 is 6.10 Å². The molecule has 1 fully saturated rings. The Bertz CT molecular complexity index is 830. The third-order valence-electron chi connectivity index (χ3n) is 6.41. The molecule has 34 heavy (non-hydrogen) atoms. The predicted molar refractivity (Wildman–Crippen MR) is 133 cm³/mol. The molecule has 0 radical (unpaired) electrons. The van der Waals surface area contributed by atoms with E-state index in [1.54, 1.807) is 6.20 Å². The van der Waals surface area contributed by atoms with Crippen LogP contribution < -0.4 is 4.90 Å². The SMILES string of the molecule is CCCCCCCCCC(=O)OC(CN1CCN(c2ccccn2)CC1)Cn1c(O)ccc1O. The molecule has 1 saturated heterocycles. The van der Waals surface area contributed by atoms with Gasteiger partial charge in [-0.05, 0) is 18.6 Å². The summed E-state index contributed by atoms with van der Waals surface area (Å²) in [4.78, 5) is 21.5. The number of ether oxygens (including phenoxy) is 1. The molecular formula is C26H40N4O4. The van der Waals surface area contributed by atoms with Crippen LogP contribution in [0.3, 0.4) is 0 Å². The maximum absolute atomic E-state index is 12.6. The lowest BCUT2D eigenvalue weighted by Crippen LogP contribution is -2.49. The highest BCUT2D eigenvalue weighted by Gasteiger charge is 2.24. The van der Waals surface area contributed by atoms with Gasteiger partial charge >= 0.3 is 5.97 Å². The van der Waals surface area contributed by atoms with Crippen molar-refractivity contribution in [2.24, 2.45) is 0 Å². The highest BCUT2D eigenvalue weighted by molar-refractivity contribution is 5.69. The van der Waals surface area contributed by atoms with Crippen LogP contribution in [0.5, 0.6) is 11.8 Å². The van der Waals surface area contributed by atoms with Gasteiger partial charge in [0.1, 0.15) is 11.9 Å². The van der Waals surface area contributed by atoms with Crippen molar-refractivity contribution in [1.29, 1.82) is 0 Å². The number of hydrogen-bond acceptors (Lipinski definition) is 7. The van der Waals surface area contributed by atoms with Crippen molar-refractivity contribution in [2.45, 2.75) is 70.9 Å². The molecule has 1 unspecified atom stereocenters. The van der Waals surface area contributed by atoms with Crippen LogP contribution in [0.15, 0.2) is 36.5 Å². The van der Waals surface area contributed by atoms with Gasteiger partial charge in [0.15, 0.2) is 11.8 Å². The zero-order chi connectivity index (χ0) is 24.2. The largest absolute Gasteiger partial charge is 0.494 e. The van der Waals surface area contributed by atoms with Crippen LogP contribution in [0.2, 0.25) is 0 Å². The summed E-state index contributed by atoms with van der Waals surface area (Å²) in [5.74, 6) is 0.690. The monoisotopic (exact) mass is 472 g/mol. The molecule has 8 nitrogen and oxygen atoms in total. The molecule has 0 saturated carbocycles. The second kappa shape index (κ2) is 13.8. The number of carbonyl (C=O) groups excluding carboxylic acids is 1. The topological polar surface area (TPSA) is 91.1 Å². The van der Waals surface area contributed by atoms with Crippen molar-refractivity contribution < 1.29 is 19.7 Å². The molecule has 0 amide bonds. The summed E-state index contributed by atoms with van der Waals surface area (Å²) < 4.78 is 7.23. The Balaban J connectivity index is 1.49. The van der Waals surface area contributed by atoms with Crippen molar-refractivity contribution in [1.82, 2.24) is 14.5 Å². The van der Waals surface area contributed by atoms with Gasteiger partial charge in [-0.2, -0.15) is 0 Å². The lowest BCUT2D eigenvalue weighted by Gasteiger charge is -2.36. The standard InChI is InChI=1S/C26H40N4O4/c1-2-3-4-5-6-7-8-12-26(33)34-22(21-30-24(31)13-14-25(30)32)20-28-16-18-29(19-17-28)23-11-9-10-15-27-23/h9-11,13-15,22,31-32H,2-8,12,16-21H2,1H3. The summed E-state index contributed by atoms with van der Waals surface area (Å²) >= 11 is 0. The Morgan fingerprint density at radius 1 is 0.941 bits per heavy atom. The first-order chi connectivity index (χ1) is 16.6. The lowest BCUT2D eigenvalue weighted by atomic mass is 10.1. The highest BCUT2D eigenvalue weighted by Crippen LogP contribution is 2.23. The van der Waals surface area contributed by atoms with E-state index in [-0.39, 0.29) is 24.3 Å². The van der Waals surface area contributed by atoms with E-state index in [0.29, 0.717) is 13.0 Å². The molecule has 3 rings (SSSR count). The highest BCUT2D eigenvalue weighted by atomic mass is 16.5. The molecule has 2 N–H and O–H groups in total. The van der Waals surface area contributed by atoms with E-state index in [0.717, 1.165) is 51.3 Å². The lowest BCUT2D eigenvalue weighted by molar-refractivity contribution is -0.151. The maximum atomic E-state index is 12.6. The minimum atomic E-state index is -0.456. The van der Waals surface area contributed by atoms with E-state index in [1.807, 2.05) is 18.2 Å². The minimum absolute atomic E-state index is 0.0365. The molecule has 0 bridgehead atoms. The Kier molecular flexibility index (Phi) is 10.5. The van der Waals surface area contributed by atoms with Gasteiger partial charge in [0, 0.05) is 57.5 Å². The van der Waals surface area contributed by atoms with Gasteiger partial charge in [0.2, 0.25) is 0 Å². The van der Waals surface area contributed by atoms with Crippen molar-refractivity contribution in [2.75, 3.05) is 37.6 Å². The first-order valence-electron chi connectivity index (χ1n) is 12.7. The van der Waals surface area contributed by atoms with E-state index in [9.17, 15) is 15.0 Å². The molecule has 0 aromatic carbocycles. The van der Waals surface area contributed by atoms with Crippen LogP contribution in [0.1, 0.15) is 58.3 Å². The molecule has 2 aromatic heterocycles. The second-order valence-corrected chi connectivity index (χ2v) is 9.12. The summed E-state index contributed by atoms with van der Waals surface area (Å²) in [5.41, 5.74) is 0. The Hall–Kier alpha value is -2.74. The van der Waals surface area contributed by atoms with Crippen LogP contribution in [-0.4, -0.2) is 69.5 Å². The van der Waals surface area contributed by atoms with Gasteiger partial charge in [-0.1, -0.05) is 51.5 Å². The Morgan fingerprint density at radius 3 is 2.26 bits per heavy atom. The fraction of sp³-hybridized carbons (Fsp3) is 0.615. The number of rotatable bonds is 14. The number of piperazine rings is 1. The van der Waals surface area contributed by atoms with Crippen LogP contribution in [-0.2, 0) is 16.1 Å². The Labute approximate surface area is 203 Å². The van der Waals surface area contributed by atoms with Crippen LogP contribution >= 0.6 is 0 Å². The van der Waals surface area contributed by atoms with Crippen LogP contribution in [0.4, 0.5) is 5.82 Å². The fourth-order valence-electron chi connectivity index (χ4n) is 4.43. The quantitative estimate of drug-likeness (QED) is 0.315. The number of pyridine rings is 1. The summed E-state index contributed by atoms with van der Waals surface area (Å²) in [6.45, 7) is 6.31. The summed E-state index contributed by atoms with van der Waals surface area (Å²) in [7, 11) is 0. The van der Waals surface area contributed by atoms with Gasteiger partial charge in [0.05, 0.1) is 6.54 Å². The van der Waals surface area contributed by atoms with E-state index in [2.05, 4.69) is 21.7 Å². The summed E-state index contributed by atoms with van der Waals surface area (Å²) in [6.07, 6.45) is 9.78. The number of unbranched alkanes of at least 4 members (excludes halogenated alkanes) is 6. The minimum Gasteiger partial charge on any atom is -0.494 e. The first kappa shape index (κ1) is 25.9. The van der Waals surface area contributed by atoms with Crippen molar-refractivity contribution in [3.63, 3.8) is 0 Å². The van der Waals surface area contributed by atoms with Crippen molar-refractivity contribution in [3.8, 4) is 11.8 Å². The van der Waals surface area contributed by atoms with Gasteiger partial charge in [0.25, 0.3) is 0 Å². The number of carbonyl (C=O) groups is 1. The number of aromatic hydroxyl groups is 2. The molecule has 3 heterocycles. The normalized spacial score (nSPS) is 15.4.